The lowest BCUT2D eigenvalue weighted by Gasteiger charge is -2.68. The molecular formula is C21H24N2O3. The first-order valence-corrected chi connectivity index (χ1v) is 10.0. The summed E-state index contributed by atoms with van der Waals surface area (Å²) in [5.74, 6) is -0.128. The number of nitrogens with one attached hydrogen (secondary N) is 1. The summed E-state index contributed by atoms with van der Waals surface area (Å²) in [7, 11) is 1.55. The fourth-order valence-electron chi connectivity index (χ4n) is 8.32. The zero-order valence-electron chi connectivity index (χ0n) is 15.0. The van der Waals surface area contributed by atoms with Gasteiger partial charge in [-0.3, -0.25) is 9.69 Å². The highest BCUT2D eigenvalue weighted by molar-refractivity contribution is 5.81. The molecule has 3 saturated heterocycles. The van der Waals surface area contributed by atoms with Crippen molar-refractivity contribution in [3.05, 3.63) is 29.8 Å². The average molecular weight is 352 g/mol. The van der Waals surface area contributed by atoms with Gasteiger partial charge < -0.3 is 14.8 Å². The molecule has 3 saturated carbocycles. The van der Waals surface area contributed by atoms with E-state index in [2.05, 4.69) is 34.5 Å². The summed E-state index contributed by atoms with van der Waals surface area (Å²) in [5.41, 5.74) is 2.59. The van der Waals surface area contributed by atoms with Gasteiger partial charge >= 0.3 is 5.97 Å². The van der Waals surface area contributed by atoms with Gasteiger partial charge in [-0.05, 0) is 43.9 Å². The minimum Gasteiger partial charge on any atom is -0.469 e. The van der Waals surface area contributed by atoms with E-state index >= 15 is 0 Å². The minimum atomic E-state index is -0.202. The highest BCUT2D eigenvalue weighted by Gasteiger charge is 2.83. The van der Waals surface area contributed by atoms with Crippen LogP contribution in [0.1, 0.15) is 31.2 Å². The topological polar surface area (TPSA) is 54.1 Å². The SMILES string of the molecule is COC(=O)[C@@H]1C[C@@]23CC[C@]14Nc1ccccc1[C@@]41CCN(C[C@@H]4O[C@@H]42)[C@@H]31. The summed E-state index contributed by atoms with van der Waals surface area (Å²) in [6, 6.07) is 9.28. The average Bonchev–Trinajstić information content (AvgIpc) is 3.26. The van der Waals surface area contributed by atoms with E-state index in [1.807, 2.05) is 0 Å². The van der Waals surface area contributed by atoms with Crippen molar-refractivity contribution >= 4 is 11.7 Å². The van der Waals surface area contributed by atoms with Crippen LogP contribution < -0.4 is 5.32 Å². The molecule has 3 spiro atoms. The number of hydrogen-bond donors (Lipinski definition) is 1. The number of hydrogen-bond acceptors (Lipinski definition) is 5. The van der Waals surface area contributed by atoms with Crippen LogP contribution in [-0.4, -0.2) is 54.9 Å². The maximum Gasteiger partial charge on any atom is 0.311 e. The Balaban J connectivity index is 1.54. The van der Waals surface area contributed by atoms with Crippen LogP contribution in [-0.2, 0) is 19.7 Å². The quantitative estimate of drug-likeness (QED) is 0.618. The van der Waals surface area contributed by atoms with E-state index < -0.39 is 0 Å². The fraction of sp³-hybridized carbons (Fsp3) is 0.667. The first-order valence-electron chi connectivity index (χ1n) is 10.0. The number of nitrogens with zero attached hydrogens (tertiary/aromatic N) is 1. The second-order valence-corrected chi connectivity index (χ2v) is 9.37. The number of fused-ring (bicyclic) bond motifs is 4. The van der Waals surface area contributed by atoms with Crippen LogP contribution >= 0.6 is 0 Å². The summed E-state index contributed by atoms with van der Waals surface area (Å²) in [6.07, 6.45) is 4.97. The van der Waals surface area contributed by atoms with Gasteiger partial charge in [0.05, 0.1) is 30.8 Å². The van der Waals surface area contributed by atoms with Gasteiger partial charge in [0.25, 0.3) is 0 Å². The van der Waals surface area contributed by atoms with Crippen LogP contribution in [0, 0.1) is 11.3 Å². The Morgan fingerprint density at radius 3 is 3.08 bits per heavy atom. The lowest BCUT2D eigenvalue weighted by atomic mass is 9.39. The molecule has 1 aromatic carbocycles. The number of methoxy groups -OCH3 is 1. The molecule has 0 amide bonds. The maximum absolute atomic E-state index is 13.0. The van der Waals surface area contributed by atoms with Crippen molar-refractivity contribution in [2.75, 3.05) is 25.5 Å². The Hall–Kier alpha value is -1.59. The molecule has 1 N–H and O–H groups in total. The third-order valence-electron chi connectivity index (χ3n) is 8.94. The van der Waals surface area contributed by atoms with Crippen molar-refractivity contribution in [2.45, 2.75) is 54.9 Å². The number of benzene rings is 1. The van der Waals surface area contributed by atoms with E-state index in [4.69, 9.17) is 9.47 Å². The van der Waals surface area contributed by atoms with Gasteiger partial charge in [-0.2, -0.15) is 0 Å². The molecule has 7 atom stereocenters. The molecule has 26 heavy (non-hydrogen) atoms. The highest BCUT2D eigenvalue weighted by Crippen LogP contribution is 2.76. The monoisotopic (exact) mass is 352 g/mol. The molecule has 0 radical (unpaired) electrons. The predicted molar refractivity (Wildman–Crippen MR) is 94.9 cm³/mol. The van der Waals surface area contributed by atoms with E-state index in [9.17, 15) is 4.79 Å². The van der Waals surface area contributed by atoms with Gasteiger partial charge in [-0.25, -0.2) is 0 Å². The molecule has 5 nitrogen and oxygen atoms in total. The minimum absolute atomic E-state index is 0.00979. The van der Waals surface area contributed by atoms with Crippen molar-refractivity contribution in [3.8, 4) is 0 Å². The Labute approximate surface area is 153 Å². The summed E-state index contributed by atoms with van der Waals surface area (Å²) < 4.78 is 11.5. The molecule has 0 aromatic heterocycles. The number of carbonyl (C=O) groups is 1. The Morgan fingerprint density at radius 2 is 2.19 bits per heavy atom. The molecule has 8 rings (SSSR count). The van der Waals surface area contributed by atoms with Crippen molar-refractivity contribution in [1.82, 2.24) is 4.90 Å². The largest absolute Gasteiger partial charge is 0.469 e. The second-order valence-electron chi connectivity index (χ2n) is 9.37. The Bertz CT molecular complexity index is 857. The summed E-state index contributed by atoms with van der Waals surface area (Å²) in [5, 5.41) is 3.91. The summed E-state index contributed by atoms with van der Waals surface area (Å²) in [6.45, 7) is 2.19. The Morgan fingerprint density at radius 1 is 1.31 bits per heavy atom. The predicted octanol–water partition coefficient (Wildman–Crippen LogP) is 1.92. The molecule has 1 aromatic rings. The molecular weight excluding hydrogens is 328 g/mol. The molecule has 0 unspecified atom stereocenters. The normalized spacial score (nSPS) is 51.7. The van der Waals surface area contributed by atoms with Gasteiger partial charge in [0, 0.05) is 29.1 Å². The lowest BCUT2D eigenvalue weighted by Crippen LogP contribution is -2.78. The number of piperidine rings is 1. The number of rotatable bonds is 1. The number of esters is 1. The second kappa shape index (κ2) is 4.12. The van der Waals surface area contributed by atoms with Crippen LogP contribution in [0.25, 0.3) is 0 Å². The number of para-hydroxylation sites is 1. The van der Waals surface area contributed by atoms with Crippen LogP contribution in [0.5, 0.6) is 0 Å². The highest BCUT2D eigenvalue weighted by atomic mass is 16.6. The van der Waals surface area contributed by atoms with Crippen LogP contribution in [0.2, 0.25) is 0 Å². The van der Waals surface area contributed by atoms with Crippen molar-refractivity contribution in [2.24, 2.45) is 11.3 Å². The molecule has 7 aliphatic rings. The van der Waals surface area contributed by atoms with Crippen LogP contribution in [0.4, 0.5) is 5.69 Å². The Kier molecular flexibility index (Phi) is 2.29. The summed E-state index contributed by atoms with van der Waals surface area (Å²) in [4.78, 5) is 15.7. The zero-order chi connectivity index (χ0) is 17.3. The molecule has 2 bridgehead atoms. The third-order valence-corrected chi connectivity index (χ3v) is 8.94. The smallest absolute Gasteiger partial charge is 0.311 e. The molecule has 136 valence electrons. The molecule has 3 aliphatic carbocycles. The first-order chi connectivity index (χ1) is 12.7. The number of carbonyl (C=O) groups excluding carboxylic acids is 1. The summed E-state index contributed by atoms with van der Waals surface area (Å²) >= 11 is 0. The van der Waals surface area contributed by atoms with Gasteiger partial charge in [0.1, 0.15) is 0 Å². The fourth-order valence-corrected chi connectivity index (χ4v) is 8.32. The van der Waals surface area contributed by atoms with Crippen LogP contribution in [0.3, 0.4) is 0 Å². The first kappa shape index (κ1) is 14.5. The zero-order valence-corrected chi connectivity index (χ0v) is 15.0. The number of epoxide rings is 1. The van der Waals surface area contributed by atoms with Crippen LogP contribution in [0.15, 0.2) is 24.3 Å². The number of anilines is 1. The molecule has 4 heterocycles. The van der Waals surface area contributed by atoms with Gasteiger partial charge in [-0.1, -0.05) is 18.2 Å². The van der Waals surface area contributed by atoms with Gasteiger partial charge in [0.15, 0.2) is 0 Å². The lowest BCUT2D eigenvalue weighted by molar-refractivity contribution is -0.170. The number of ether oxygens (including phenoxy) is 2. The molecule has 5 heteroatoms. The van der Waals surface area contributed by atoms with Crippen molar-refractivity contribution in [3.63, 3.8) is 0 Å². The van der Waals surface area contributed by atoms with E-state index in [1.54, 1.807) is 7.11 Å². The van der Waals surface area contributed by atoms with Gasteiger partial charge in [-0.15, -0.1) is 0 Å². The standard InChI is InChI=1S/C21H24N2O3/c1-25-17(24)13-10-19-6-7-21(13)20(12-4-2-3-5-14(12)22-21)8-9-23(18(19)20)11-15-16(19)26-15/h2-5,13,15-16,18,22H,6-11H2,1H3/t13-,15-,16-,18-,19-,20+,21-/m0/s1. The van der Waals surface area contributed by atoms with Crippen molar-refractivity contribution in [1.29, 1.82) is 0 Å². The van der Waals surface area contributed by atoms with E-state index in [1.165, 1.54) is 11.3 Å². The third kappa shape index (κ3) is 1.23. The molecule has 6 fully saturated rings. The van der Waals surface area contributed by atoms with E-state index in [0.29, 0.717) is 18.2 Å². The van der Waals surface area contributed by atoms with Crippen molar-refractivity contribution < 1.29 is 14.3 Å². The molecule has 4 aliphatic heterocycles. The van der Waals surface area contributed by atoms with E-state index in [0.717, 1.165) is 38.8 Å². The van der Waals surface area contributed by atoms with E-state index in [-0.39, 0.29) is 28.3 Å². The maximum atomic E-state index is 13.0. The van der Waals surface area contributed by atoms with Gasteiger partial charge in [0.2, 0.25) is 0 Å².